The first kappa shape index (κ1) is 22.2. The van der Waals surface area contributed by atoms with Crippen molar-refractivity contribution in [2.24, 2.45) is 14.1 Å². The van der Waals surface area contributed by atoms with Gasteiger partial charge in [0.15, 0.2) is 5.65 Å². The van der Waals surface area contributed by atoms with Gasteiger partial charge in [0, 0.05) is 20.3 Å². The van der Waals surface area contributed by atoms with Crippen molar-refractivity contribution in [2.45, 2.75) is 26.2 Å². The lowest BCUT2D eigenvalue weighted by Crippen LogP contribution is -2.38. The molecule has 0 unspecified atom stereocenters. The van der Waals surface area contributed by atoms with Crippen molar-refractivity contribution in [3.63, 3.8) is 0 Å². The van der Waals surface area contributed by atoms with E-state index in [-0.39, 0.29) is 23.4 Å². The van der Waals surface area contributed by atoms with Crippen LogP contribution in [0.5, 0.6) is 0 Å². The zero-order valence-electron chi connectivity index (χ0n) is 19.0. The fraction of sp³-hybridized carbons (Fsp3) is 0.231. The number of benzene rings is 2. The maximum absolute atomic E-state index is 13.0. The minimum absolute atomic E-state index is 0.163. The molecule has 0 bridgehead atoms. The lowest BCUT2D eigenvalue weighted by Gasteiger charge is -2.15. The highest BCUT2D eigenvalue weighted by Crippen LogP contribution is 2.24. The molecular weight excluding hydrogens is 416 g/mol. The van der Waals surface area contributed by atoms with E-state index in [1.807, 2.05) is 61.5 Å². The summed E-state index contributed by atoms with van der Waals surface area (Å²) in [6.45, 7) is 2.02. The van der Waals surface area contributed by atoms with Gasteiger partial charge in [0.05, 0.1) is 12.1 Å². The second kappa shape index (κ2) is 9.24. The van der Waals surface area contributed by atoms with Crippen molar-refractivity contribution in [1.82, 2.24) is 14.1 Å². The molecular formula is C26H26N4O3. The second-order valence-corrected chi connectivity index (χ2v) is 8.10. The Morgan fingerprint density at radius 3 is 2.27 bits per heavy atom. The number of pyridine rings is 1. The van der Waals surface area contributed by atoms with Gasteiger partial charge in [-0.1, -0.05) is 67.9 Å². The molecule has 168 valence electrons. The Morgan fingerprint density at radius 1 is 0.939 bits per heavy atom. The summed E-state index contributed by atoms with van der Waals surface area (Å²) in [7, 11) is 2.99. The number of aromatic nitrogens is 3. The van der Waals surface area contributed by atoms with Crippen molar-refractivity contribution in [2.75, 3.05) is 5.32 Å². The van der Waals surface area contributed by atoms with Gasteiger partial charge >= 0.3 is 5.69 Å². The molecule has 4 aromatic rings. The van der Waals surface area contributed by atoms with Gasteiger partial charge in [0.2, 0.25) is 5.91 Å². The van der Waals surface area contributed by atoms with Crippen LogP contribution < -0.4 is 16.6 Å². The Morgan fingerprint density at radius 2 is 1.61 bits per heavy atom. The van der Waals surface area contributed by atoms with Crippen molar-refractivity contribution >= 4 is 22.6 Å². The van der Waals surface area contributed by atoms with Gasteiger partial charge < -0.3 is 5.32 Å². The maximum Gasteiger partial charge on any atom is 0.332 e. The molecule has 7 heteroatoms. The lowest BCUT2D eigenvalue weighted by molar-refractivity contribution is -0.115. The topological polar surface area (TPSA) is 86.0 Å². The highest BCUT2D eigenvalue weighted by molar-refractivity contribution is 6.01. The first-order valence-corrected chi connectivity index (χ1v) is 10.9. The average Bonchev–Trinajstić information content (AvgIpc) is 2.83. The number of anilines is 1. The van der Waals surface area contributed by atoms with Crippen molar-refractivity contribution in [1.29, 1.82) is 0 Å². The molecule has 2 heterocycles. The van der Waals surface area contributed by atoms with E-state index >= 15 is 0 Å². The van der Waals surface area contributed by atoms with Crippen LogP contribution in [0.2, 0.25) is 0 Å². The van der Waals surface area contributed by atoms with Gasteiger partial charge in [-0.2, -0.15) is 0 Å². The van der Waals surface area contributed by atoms with E-state index in [9.17, 15) is 14.4 Å². The molecule has 0 aliphatic rings. The van der Waals surface area contributed by atoms with Gasteiger partial charge in [0.1, 0.15) is 5.39 Å². The fourth-order valence-corrected chi connectivity index (χ4v) is 3.98. The number of nitrogens with one attached hydrogen (secondary N) is 1. The summed E-state index contributed by atoms with van der Waals surface area (Å²) in [5.74, 6) is -0.233. The molecule has 0 fully saturated rings. The van der Waals surface area contributed by atoms with Crippen LogP contribution in [-0.4, -0.2) is 20.0 Å². The van der Waals surface area contributed by atoms with E-state index in [4.69, 9.17) is 0 Å². The highest BCUT2D eigenvalue weighted by atomic mass is 16.2. The van der Waals surface area contributed by atoms with Crippen LogP contribution in [0.25, 0.3) is 22.2 Å². The highest BCUT2D eigenvalue weighted by Gasteiger charge is 2.19. The number of rotatable bonds is 6. The van der Waals surface area contributed by atoms with E-state index < -0.39 is 11.2 Å². The Balaban J connectivity index is 1.66. The molecule has 0 spiro atoms. The van der Waals surface area contributed by atoms with Crippen molar-refractivity contribution in [3.05, 3.63) is 92.8 Å². The predicted octanol–water partition coefficient (Wildman–Crippen LogP) is 3.43. The molecule has 0 atom stereocenters. The summed E-state index contributed by atoms with van der Waals surface area (Å²) in [6, 6.07) is 17.9. The number of carbonyl (C=O) groups is 1. The summed E-state index contributed by atoms with van der Waals surface area (Å²) in [5, 5.41) is 3.19. The quantitative estimate of drug-likeness (QED) is 0.496. The van der Waals surface area contributed by atoms with Crippen LogP contribution >= 0.6 is 0 Å². The molecule has 4 rings (SSSR count). The summed E-state index contributed by atoms with van der Waals surface area (Å²) in [4.78, 5) is 42.6. The number of amides is 1. The molecule has 33 heavy (non-hydrogen) atoms. The molecule has 1 N–H and O–H groups in total. The molecule has 0 saturated carbocycles. The molecule has 7 nitrogen and oxygen atoms in total. The number of aryl methyl sites for hydroxylation is 2. The van der Waals surface area contributed by atoms with Crippen LogP contribution in [0.4, 0.5) is 5.69 Å². The molecule has 0 aliphatic heterocycles. The minimum atomic E-state index is -0.471. The molecule has 2 aromatic heterocycles. The smallest absolute Gasteiger partial charge is 0.325 e. The molecule has 2 aromatic carbocycles. The number of nitrogens with zero attached hydrogens (tertiary/aromatic N) is 3. The van der Waals surface area contributed by atoms with Crippen molar-refractivity contribution < 1.29 is 4.79 Å². The summed E-state index contributed by atoms with van der Waals surface area (Å²) in [6.07, 6.45) is 3.27. The third-order valence-electron chi connectivity index (χ3n) is 5.76. The van der Waals surface area contributed by atoms with E-state index in [1.165, 1.54) is 11.6 Å². The van der Waals surface area contributed by atoms with Crippen molar-refractivity contribution in [3.8, 4) is 11.1 Å². The number of carbonyl (C=O) groups excluding carboxylic acids is 1. The van der Waals surface area contributed by atoms with Crippen LogP contribution in [0, 0.1) is 0 Å². The first-order valence-electron chi connectivity index (χ1n) is 10.9. The molecule has 0 radical (unpaired) electrons. The SMILES string of the molecule is CCCc1cnc2c(c1NC(=O)Cc1ccc(-c3ccccc3)cc1)c(=O)n(C)c(=O)n2C. The van der Waals surface area contributed by atoms with E-state index in [0.717, 1.165) is 33.2 Å². The number of fused-ring (bicyclic) bond motifs is 1. The molecule has 0 saturated heterocycles. The number of hydrogen-bond donors (Lipinski definition) is 1. The lowest BCUT2D eigenvalue weighted by atomic mass is 10.0. The van der Waals surface area contributed by atoms with Crippen LogP contribution in [0.1, 0.15) is 24.5 Å². The van der Waals surface area contributed by atoms with E-state index in [1.54, 1.807) is 13.2 Å². The van der Waals surface area contributed by atoms with Gasteiger partial charge in [-0.3, -0.25) is 18.7 Å². The van der Waals surface area contributed by atoms with Crippen LogP contribution in [0.15, 0.2) is 70.4 Å². The third-order valence-corrected chi connectivity index (χ3v) is 5.76. The average molecular weight is 443 g/mol. The normalized spacial score (nSPS) is 11.0. The third kappa shape index (κ3) is 4.35. The van der Waals surface area contributed by atoms with Crippen LogP contribution in [0.3, 0.4) is 0 Å². The Bertz CT molecular complexity index is 1440. The summed E-state index contributed by atoms with van der Waals surface area (Å²) < 4.78 is 2.36. The Kier molecular flexibility index (Phi) is 6.22. The molecule has 1 amide bonds. The van der Waals surface area contributed by atoms with Gasteiger partial charge in [0.25, 0.3) is 5.56 Å². The monoisotopic (exact) mass is 442 g/mol. The molecule has 0 aliphatic carbocycles. The largest absolute Gasteiger partial charge is 0.332 e. The first-order chi connectivity index (χ1) is 15.9. The van der Waals surface area contributed by atoms with E-state index in [0.29, 0.717) is 12.1 Å². The summed E-state index contributed by atoms with van der Waals surface area (Å²) >= 11 is 0. The summed E-state index contributed by atoms with van der Waals surface area (Å²) in [5.41, 5.74) is 3.59. The zero-order chi connectivity index (χ0) is 23.5. The van der Waals surface area contributed by atoms with Gasteiger partial charge in [-0.25, -0.2) is 9.78 Å². The Labute approximate surface area is 191 Å². The second-order valence-electron chi connectivity index (χ2n) is 8.10. The number of hydrogen-bond acceptors (Lipinski definition) is 4. The minimum Gasteiger partial charge on any atom is -0.325 e. The van der Waals surface area contributed by atoms with Crippen LogP contribution in [-0.2, 0) is 31.7 Å². The van der Waals surface area contributed by atoms with Gasteiger partial charge in [-0.15, -0.1) is 0 Å². The van der Waals surface area contributed by atoms with Gasteiger partial charge in [-0.05, 0) is 28.7 Å². The predicted molar refractivity (Wildman–Crippen MR) is 130 cm³/mol. The maximum atomic E-state index is 13.0. The fourth-order valence-electron chi connectivity index (χ4n) is 3.98. The van der Waals surface area contributed by atoms with E-state index in [2.05, 4.69) is 10.3 Å². The zero-order valence-corrected chi connectivity index (χ0v) is 19.0. The standard InChI is InChI=1S/C26H26N4O3/c1-4-8-20-16-27-24-22(25(32)30(3)26(33)29(24)2)23(20)28-21(31)15-17-11-13-19(14-12-17)18-9-6-5-7-10-18/h5-7,9-14,16H,4,8,15H2,1-3H3,(H,27,28,31). The Hall–Kier alpha value is -4.00.